The van der Waals surface area contributed by atoms with Crippen molar-refractivity contribution in [2.24, 2.45) is 0 Å². The Morgan fingerprint density at radius 3 is 2.43 bits per heavy atom. The first kappa shape index (κ1) is 13.9. The standard InChI is InChI=1S/C10H21O3P/c1-3-4-5-6-7-8-9-10(2)14(11,12)13/h4-5,10H,3,6-9H2,1-2H3,(H2,11,12,13). The molecule has 0 saturated heterocycles. The predicted octanol–water partition coefficient (Wildman–Crippen LogP) is 3.08. The van der Waals surface area contributed by atoms with Crippen LogP contribution < -0.4 is 0 Å². The van der Waals surface area contributed by atoms with Crippen LogP contribution in [0.4, 0.5) is 0 Å². The summed E-state index contributed by atoms with van der Waals surface area (Å²) in [5, 5.41) is 0. The normalized spacial score (nSPS) is 14.9. The molecule has 1 atom stereocenters. The van der Waals surface area contributed by atoms with Gasteiger partial charge >= 0.3 is 7.60 Å². The van der Waals surface area contributed by atoms with E-state index in [1.807, 2.05) is 0 Å². The summed E-state index contributed by atoms with van der Waals surface area (Å²) < 4.78 is 10.8. The van der Waals surface area contributed by atoms with Gasteiger partial charge in [0.25, 0.3) is 0 Å². The molecule has 84 valence electrons. The lowest BCUT2D eigenvalue weighted by molar-refractivity contribution is 0.356. The highest BCUT2D eigenvalue weighted by molar-refractivity contribution is 7.52. The average molecular weight is 220 g/mol. The van der Waals surface area contributed by atoms with Gasteiger partial charge in [-0.25, -0.2) is 0 Å². The average Bonchev–Trinajstić information content (AvgIpc) is 2.09. The third kappa shape index (κ3) is 7.31. The summed E-state index contributed by atoms with van der Waals surface area (Å²) in [6.07, 6.45) is 8.83. The number of unbranched alkanes of at least 4 members (excludes halogenated alkanes) is 2. The van der Waals surface area contributed by atoms with Gasteiger partial charge in [-0.1, -0.05) is 32.4 Å². The van der Waals surface area contributed by atoms with Gasteiger partial charge in [0, 0.05) is 0 Å². The molecule has 1 unspecified atom stereocenters. The second-order valence-electron chi connectivity index (χ2n) is 3.60. The minimum atomic E-state index is -3.84. The Labute approximate surface area is 86.4 Å². The van der Waals surface area contributed by atoms with Gasteiger partial charge in [0.15, 0.2) is 0 Å². The van der Waals surface area contributed by atoms with Gasteiger partial charge in [0.05, 0.1) is 5.66 Å². The lowest BCUT2D eigenvalue weighted by Gasteiger charge is -2.12. The van der Waals surface area contributed by atoms with Crippen molar-refractivity contribution in [2.75, 3.05) is 0 Å². The number of allylic oxidation sites excluding steroid dienone is 2. The Bertz CT molecular complexity index is 207. The summed E-state index contributed by atoms with van der Waals surface area (Å²) in [4.78, 5) is 17.6. The van der Waals surface area contributed by atoms with Crippen molar-refractivity contribution in [3.8, 4) is 0 Å². The van der Waals surface area contributed by atoms with E-state index < -0.39 is 13.3 Å². The van der Waals surface area contributed by atoms with Crippen LogP contribution in [-0.2, 0) is 4.57 Å². The number of hydrogen-bond donors (Lipinski definition) is 2. The summed E-state index contributed by atoms with van der Waals surface area (Å²) in [6, 6.07) is 0. The molecule has 0 spiro atoms. The predicted molar refractivity (Wildman–Crippen MR) is 59.4 cm³/mol. The zero-order valence-corrected chi connectivity index (χ0v) is 9.91. The van der Waals surface area contributed by atoms with E-state index >= 15 is 0 Å². The summed E-state index contributed by atoms with van der Waals surface area (Å²) >= 11 is 0. The Kier molecular flexibility index (Phi) is 7.16. The molecule has 0 amide bonds. The molecule has 0 aliphatic heterocycles. The minimum Gasteiger partial charge on any atom is -0.324 e. The van der Waals surface area contributed by atoms with Gasteiger partial charge in [-0.15, -0.1) is 0 Å². The maximum absolute atomic E-state index is 10.8. The molecule has 0 aromatic heterocycles. The van der Waals surface area contributed by atoms with Gasteiger partial charge in [-0.05, 0) is 25.7 Å². The van der Waals surface area contributed by atoms with Crippen LogP contribution in [-0.4, -0.2) is 15.4 Å². The molecule has 0 radical (unpaired) electrons. The molecule has 14 heavy (non-hydrogen) atoms. The number of rotatable bonds is 7. The fourth-order valence-electron chi connectivity index (χ4n) is 1.15. The molecule has 4 heteroatoms. The molecule has 3 nitrogen and oxygen atoms in total. The van der Waals surface area contributed by atoms with Crippen molar-refractivity contribution < 1.29 is 14.4 Å². The maximum atomic E-state index is 10.8. The van der Waals surface area contributed by atoms with E-state index in [0.29, 0.717) is 6.42 Å². The van der Waals surface area contributed by atoms with Crippen LogP contribution >= 0.6 is 7.60 Å². The molecule has 0 aromatic carbocycles. The fraction of sp³-hybridized carbons (Fsp3) is 0.800. The molecule has 2 N–H and O–H groups in total. The van der Waals surface area contributed by atoms with Gasteiger partial charge in [0.1, 0.15) is 0 Å². The van der Waals surface area contributed by atoms with Crippen LogP contribution in [0.2, 0.25) is 0 Å². The largest absolute Gasteiger partial charge is 0.328 e. The molecule has 0 saturated carbocycles. The summed E-state index contributed by atoms with van der Waals surface area (Å²) in [7, 11) is -3.84. The molecule has 0 aliphatic rings. The van der Waals surface area contributed by atoms with E-state index in [9.17, 15) is 4.57 Å². The highest BCUT2D eigenvalue weighted by Crippen LogP contribution is 2.43. The first-order valence-electron chi connectivity index (χ1n) is 5.18. The molecule has 0 heterocycles. The van der Waals surface area contributed by atoms with Crippen molar-refractivity contribution in [1.82, 2.24) is 0 Å². The van der Waals surface area contributed by atoms with Crippen molar-refractivity contribution in [1.29, 1.82) is 0 Å². The lowest BCUT2D eigenvalue weighted by atomic mass is 10.1. The van der Waals surface area contributed by atoms with Crippen molar-refractivity contribution in [2.45, 2.75) is 51.6 Å². The third-order valence-electron chi connectivity index (χ3n) is 2.22. The maximum Gasteiger partial charge on any atom is 0.328 e. The van der Waals surface area contributed by atoms with Gasteiger partial charge in [-0.3, -0.25) is 4.57 Å². The van der Waals surface area contributed by atoms with E-state index in [2.05, 4.69) is 19.1 Å². The Balaban J connectivity index is 3.46. The second kappa shape index (κ2) is 7.22. The van der Waals surface area contributed by atoms with E-state index in [1.165, 1.54) is 0 Å². The SMILES string of the molecule is CCC=CCCCCC(C)P(=O)(O)O. The topological polar surface area (TPSA) is 57.5 Å². The summed E-state index contributed by atoms with van der Waals surface area (Å²) in [5.74, 6) is 0. The van der Waals surface area contributed by atoms with Gasteiger partial charge in [0.2, 0.25) is 0 Å². The van der Waals surface area contributed by atoms with E-state index in [4.69, 9.17) is 9.79 Å². The Morgan fingerprint density at radius 2 is 1.93 bits per heavy atom. The highest BCUT2D eigenvalue weighted by atomic mass is 31.2. The van der Waals surface area contributed by atoms with Crippen LogP contribution in [0.5, 0.6) is 0 Å². The zero-order valence-electron chi connectivity index (χ0n) is 9.02. The molecular formula is C10H21O3P. The fourth-order valence-corrected chi connectivity index (χ4v) is 1.67. The molecule has 0 aromatic rings. The van der Waals surface area contributed by atoms with Gasteiger partial charge in [-0.2, -0.15) is 0 Å². The Morgan fingerprint density at radius 1 is 1.29 bits per heavy atom. The first-order valence-corrected chi connectivity index (χ1v) is 6.86. The zero-order chi connectivity index (χ0) is 11.0. The molecule has 0 rings (SSSR count). The monoisotopic (exact) mass is 220 g/mol. The second-order valence-corrected chi connectivity index (χ2v) is 5.66. The van der Waals surface area contributed by atoms with Crippen LogP contribution in [0.15, 0.2) is 12.2 Å². The van der Waals surface area contributed by atoms with Gasteiger partial charge < -0.3 is 9.79 Å². The van der Waals surface area contributed by atoms with Crippen LogP contribution in [0, 0.1) is 0 Å². The van der Waals surface area contributed by atoms with Crippen molar-refractivity contribution in [3.63, 3.8) is 0 Å². The first-order chi connectivity index (χ1) is 6.48. The smallest absolute Gasteiger partial charge is 0.324 e. The Hall–Kier alpha value is -0.110. The lowest BCUT2D eigenvalue weighted by Crippen LogP contribution is -2.02. The van der Waals surface area contributed by atoms with E-state index in [-0.39, 0.29) is 0 Å². The molecule has 0 fully saturated rings. The van der Waals surface area contributed by atoms with Crippen LogP contribution in [0.25, 0.3) is 0 Å². The van der Waals surface area contributed by atoms with E-state index in [0.717, 1.165) is 25.7 Å². The van der Waals surface area contributed by atoms with Crippen molar-refractivity contribution in [3.05, 3.63) is 12.2 Å². The number of hydrogen-bond acceptors (Lipinski definition) is 1. The highest BCUT2D eigenvalue weighted by Gasteiger charge is 2.22. The molecular weight excluding hydrogens is 199 g/mol. The summed E-state index contributed by atoms with van der Waals surface area (Å²) in [5.41, 5.74) is -0.488. The quantitative estimate of drug-likeness (QED) is 0.394. The third-order valence-corrected chi connectivity index (χ3v) is 3.63. The minimum absolute atomic E-state index is 0.488. The van der Waals surface area contributed by atoms with Crippen molar-refractivity contribution >= 4 is 7.60 Å². The summed E-state index contributed by atoms with van der Waals surface area (Å²) in [6.45, 7) is 3.70. The van der Waals surface area contributed by atoms with E-state index in [1.54, 1.807) is 6.92 Å². The molecule has 0 bridgehead atoms. The van der Waals surface area contributed by atoms with Crippen LogP contribution in [0.1, 0.15) is 46.0 Å². The molecule has 0 aliphatic carbocycles. The van der Waals surface area contributed by atoms with Crippen LogP contribution in [0.3, 0.4) is 0 Å².